The zero-order chi connectivity index (χ0) is 18.8. The summed E-state index contributed by atoms with van der Waals surface area (Å²) in [6.07, 6.45) is 6.23. The lowest BCUT2D eigenvalue weighted by Crippen LogP contribution is -2.46. The molecule has 0 spiro atoms. The summed E-state index contributed by atoms with van der Waals surface area (Å²) in [6, 6.07) is 20.3. The van der Waals surface area contributed by atoms with Crippen molar-refractivity contribution in [3.63, 3.8) is 0 Å². The number of benzene rings is 2. The molecule has 1 nitrogen and oxygen atoms in total. The number of halogens is 1. The number of para-hydroxylation sites is 2. The van der Waals surface area contributed by atoms with Gasteiger partial charge < -0.3 is 0 Å². The molecule has 0 N–H and O–H groups in total. The largest absolute Gasteiger partial charge is 0.232 e. The summed E-state index contributed by atoms with van der Waals surface area (Å²) in [7, 11) is 0. The Labute approximate surface area is 159 Å². The molecule has 0 amide bonds. The molecular formula is C24H35FN+. The summed E-state index contributed by atoms with van der Waals surface area (Å²) < 4.78 is 14.9. The minimum atomic E-state index is -0.412. The molecule has 0 heterocycles. The molecule has 0 saturated carbocycles. The molecule has 0 aliphatic heterocycles. The Balaban J connectivity index is 2.22. The minimum absolute atomic E-state index is 0.285. The zero-order valence-corrected chi connectivity index (χ0v) is 16.7. The van der Waals surface area contributed by atoms with E-state index in [0.717, 1.165) is 30.3 Å². The molecule has 142 valence electrons. The third-order valence-electron chi connectivity index (χ3n) is 5.67. The van der Waals surface area contributed by atoms with E-state index < -0.39 is 6.80 Å². The van der Waals surface area contributed by atoms with E-state index in [1.165, 1.54) is 25.7 Å². The highest BCUT2D eigenvalue weighted by molar-refractivity contribution is 5.58. The van der Waals surface area contributed by atoms with Crippen molar-refractivity contribution < 1.29 is 4.39 Å². The van der Waals surface area contributed by atoms with Gasteiger partial charge in [-0.3, -0.25) is 0 Å². The highest BCUT2D eigenvalue weighted by atomic mass is 19.1. The second kappa shape index (κ2) is 10.5. The van der Waals surface area contributed by atoms with Gasteiger partial charge in [0.05, 0.1) is 6.54 Å². The van der Waals surface area contributed by atoms with Gasteiger partial charge in [0.15, 0.2) is 0 Å². The first-order chi connectivity index (χ1) is 12.7. The predicted molar refractivity (Wildman–Crippen MR) is 112 cm³/mol. The van der Waals surface area contributed by atoms with Crippen LogP contribution in [0.15, 0.2) is 60.7 Å². The van der Waals surface area contributed by atoms with E-state index in [4.69, 9.17) is 0 Å². The normalized spacial score (nSPS) is 14.2. The average molecular weight is 357 g/mol. The fraction of sp³-hybridized carbons (Fsp3) is 0.500. The molecule has 2 unspecified atom stereocenters. The van der Waals surface area contributed by atoms with Crippen molar-refractivity contribution >= 4 is 11.4 Å². The van der Waals surface area contributed by atoms with Gasteiger partial charge in [-0.1, -0.05) is 76.4 Å². The maximum absolute atomic E-state index is 14.6. The number of quaternary nitrogens is 1. The Bertz CT molecular complexity index is 571. The van der Waals surface area contributed by atoms with E-state index in [1.54, 1.807) is 0 Å². The molecular weight excluding hydrogens is 321 g/mol. The fourth-order valence-corrected chi connectivity index (χ4v) is 4.08. The van der Waals surface area contributed by atoms with Crippen LogP contribution in [-0.2, 0) is 0 Å². The van der Waals surface area contributed by atoms with Gasteiger partial charge in [-0.25, -0.2) is 4.48 Å². The van der Waals surface area contributed by atoms with Gasteiger partial charge in [0, 0.05) is 5.92 Å². The third-order valence-corrected chi connectivity index (χ3v) is 5.67. The second-order valence-electron chi connectivity index (χ2n) is 7.69. The Kier molecular flexibility index (Phi) is 8.31. The molecule has 0 saturated heterocycles. The van der Waals surface area contributed by atoms with E-state index in [2.05, 4.69) is 45.0 Å². The first-order valence-corrected chi connectivity index (χ1v) is 10.2. The van der Waals surface area contributed by atoms with Crippen molar-refractivity contribution in [3.05, 3.63) is 60.7 Å². The Morgan fingerprint density at radius 1 is 0.808 bits per heavy atom. The van der Waals surface area contributed by atoms with Crippen LogP contribution >= 0.6 is 0 Å². The van der Waals surface area contributed by atoms with Gasteiger partial charge in [-0.05, 0) is 43.0 Å². The summed E-state index contributed by atoms with van der Waals surface area (Å²) >= 11 is 0. The lowest BCUT2D eigenvalue weighted by atomic mass is 9.91. The lowest BCUT2D eigenvalue weighted by molar-refractivity contribution is 0.223. The van der Waals surface area contributed by atoms with Crippen LogP contribution < -0.4 is 4.48 Å². The van der Waals surface area contributed by atoms with E-state index in [9.17, 15) is 4.39 Å². The maximum atomic E-state index is 14.6. The third kappa shape index (κ3) is 5.17. The topological polar surface area (TPSA) is 0 Å². The van der Waals surface area contributed by atoms with E-state index >= 15 is 0 Å². The smallest absolute Gasteiger partial charge is 0.231 e. The summed E-state index contributed by atoms with van der Waals surface area (Å²) in [5.74, 6) is 1.28. The van der Waals surface area contributed by atoms with E-state index in [-0.39, 0.29) is 4.48 Å². The molecule has 0 fully saturated rings. The first kappa shape index (κ1) is 20.6. The second-order valence-corrected chi connectivity index (χ2v) is 7.69. The SMILES string of the molecule is CCCC(CC)CCC(C)C[N+](CF)(c1ccccc1)c1ccccc1. The van der Waals surface area contributed by atoms with Crippen molar-refractivity contribution in [2.45, 2.75) is 52.9 Å². The number of hydrogen-bond acceptors (Lipinski definition) is 0. The van der Waals surface area contributed by atoms with E-state index in [0.29, 0.717) is 5.92 Å². The van der Waals surface area contributed by atoms with E-state index in [1.807, 2.05) is 36.4 Å². The summed E-state index contributed by atoms with van der Waals surface area (Å²) in [6.45, 7) is 7.23. The molecule has 0 aliphatic rings. The molecule has 2 rings (SSSR count). The highest BCUT2D eigenvalue weighted by Gasteiger charge is 2.35. The van der Waals surface area contributed by atoms with Crippen LogP contribution in [0.1, 0.15) is 52.9 Å². The Hall–Kier alpha value is -1.67. The molecule has 2 atom stereocenters. The van der Waals surface area contributed by atoms with Crippen molar-refractivity contribution in [2.75, 3.05) is 13.3 Å². The van der Waals surface area contributed by atoms with Crippen LogP contribution in [-0.4, -0.2) is 13.3 Å². The predicted octanol–water partition coefficient (Wildman–Crippen LogP) is 7.50. The molecule has 0 bridgehead atoms. The number of alkyl halides is 1. The van der Waals surface area contributed by atoms with Gasteiger partial charge in [-0.15, -0.1) is 0 Å². The molecule has 2 aromatic carbocycles. The minimum Gasteiger partial charge on any atom is -0.232 e. The quantitative estimate of drug-likeness (QED) is 0.289. The van der Waals surface area contributed by atoms with Gasteiger partial charge >= 0.3 is 0 Å². The van der Waals surface area contributed by atoms with Crippen molar-refractivity contribution in [1.82, 2.24) is 4.48 Å². The Morgan fingerprint density at radius 3 is 1.77 bits per heavy atom. The fourth-order valence-electron chi connectivity index (χ4n) is 4.08. The zero-order valence-electron chi connectivity index (χ0n) is 16.7. The van der Waals surface area contributed by atoms with Crippen molar-refractivity contribution in [2.24, 2.45) is 11.8 Å². The molecule has 2 aromatic rings. The maximum Gasteiger partial charge on any atom is 0.231 e. The molecule has 26 heavy (non-hydrogen) atoms. The number of rotatable bonds is 11. The Morgan fingerprint density at radius 2 is 1.35 bits per heavy atom. The van der Waals surface area contributed by atoms with Crippen LogP contribution in [0.3, 0.4) is 0 Å². The average Bonchev–Trinajstić information content (AvgIpc) is 2.70. The van der Waals surface area contributed by atoms with Gasteiger partial charge in [0.2, 0.25) is 6.80 Å². The summed E-state index contributed by atoms with van der Waals surface area (Å²) in [4.78, 5) is 0. The van der Waals surface area contributed by atoms with Crippen LogP contribution in [0.5, 0.6) is 0 Å². The first-order valence-electron chi connectivity index (χ1n) is 10.2. The molecule has 0 aliphatic carbocycles. The molecule has 0 radical (unpaired) electrons. The molecule has 2 heteroatoms. The number of nitrogens with zero attached hydrogens (tertiary/aromatic N) is 1. The highest BCUT2D eigenvalue weighted by Crippen LogP contribution is 2.36. The molecule has 0 aromatic heterocycles. The van der Waals surface area contributed by atoms with Crippen LogP contribution in [0.25, 0.3) is 0 Å². The summed E-state index contributed by atoms with van der Waals surface area (Å²) in [5.41, 5.74) is 2.07. The standard InChI is InChI=1S/C24H35FN/c1-4-12-22(5-2)18-17-21(3)19-26(20-25,23-13-8-6-9-14-23)24-15-10-7-11-16-24/h6-11,13-16,21-22H,4-5,12,17-20H2,1-3H3/q+1. The van der Waals surface area contributed by atoms with Crippen LogP contribution in [0.2, 0.25) is 0 Å². The van der Waals surface area contributed by atoms with Crippen LogP contribution in [0.4, 0.5) is 15.8 Å². The lowest BCUT2D eigenvalue weighted by Gasteiger charge is -2.37. The van der Waals surface area contributed by atoms with Gasteiger partial charge in [0.25, 0.3) is 0 Å². The van der Waals surface area contributed by atoms with Crippen molar-refractivity contribution in [1.29, 1.82) is 0 Å². The van der Waals surface area contributed by atoms with Gasteiger partial charge in [-0.2, -0.15) is 4.39 Å². The number of hydrogen-bond donors (Lipinski definition) is 0. The summed E-state index contributed by atoms with van der Waals surface area (Å²) in [5, 5.41) is 0. The van der Waals surface area contributed by atoms with Crippen LogP contribution in [0, 0.1) is 11.8 Å². The monoisotopic (exact) mass is 356 g/mol. The van der Waals surface area contributed by atoms with Gasteiger partial charge in [0.1, 0.15) is 11.4 Å². The van der Waals surface area contributed by atoms with Crippen molar-refractivity contribution in [3.8, 4) is 0 Å².